The van der Waals surface area contributed by atoms with Crippen LogP contribution in [0.25, 0.3) is 0 Å². The van der Waals surface area contributed by atoms with Crippen molar-refractivity contribution in [3.63, 3.8) is 0 Å². The number of carboxylic acid groups (broad SMARTS) is 1. The standard InChI is InChI=1S/C29H28N2O6/c32-16-6-8-18-7-5-13-20-19(18)14-15-30(26(33)23-11-3-4-12-24(23)29(36)37)25(20)17-31-27(34)21-9-1-2-10-22(21)28(31)35/h1-2,5,7,9-10,13,23-25,32H,3-4,11-12,14-17H2,(H,36,37)/t23-,24+,25-/m1/s1. The molecular weight excluding hydrogens is 472 g/mol. The van der Waals surface area contributed by atoms with Crippen LogP contribution in [-0.2, 0) is 16.0 Å². The highest BCUT2D eigenvalue weighted by atomic mass is 16.4. The minimum absolute atomic E-state index is 0.0353. The van der Waals surface area contributed by atoms with Crippen LogP contribution in [0.5, 0.6) is 0 Å². The number of aliphatic hydroxyl groups is 1. The Kier molecular flexibility index (Phi) is 6.81. The molecule has 2 aromatic rings. The van der Waals surface area contributed by atoms with E-state index in [-0.39, 0.29) is 19.1 Å². The van der Waals surface area contributed by atoms with Crippen molar-refractivity contribution >= 4 is 23.7 Å². The number of carboxylic acids is 1. The van der Waals surface area contributed by atoms with Crippen LogP contribution >= 0.6 is 0 Å². The Labute approximate surface area is 214 Å². The first-order valence-electron chi connectivity index (χ1n) is 12.6. The molecule has 2 heterocycles. The minimum atomic E-state index is -0.964. The van der Waals surface area contributed by atoms with Gasteiger partial charge in [-0.2, -0.15) is 0 Å². The van der Waals surface area contributed by atoms with Crippen LogP contribution in [0.3, 0.4) is 0 Å². The fraction of sp³-hybridized carbons (Fsp3) is 0.379. The Bertz CT molecular complexity index is 1300. The lowest BCUT2D eigenvalue weighted by molar-refractivity contribution is -0.153. The zero-order valence-corrected chi connectivity index (χ0v) is 20.4. The van der Waals surface area contributed by atoms with E-state index in [2.05, 4.69) is 11.8 Å². The predicted octanol–water partition coefficient (Wildman–Crippen LogP) is 2.64. The lowest BCUT2D eigenvalue weighted by atomic mass is 9.77. The van der Waals surface area contributed by atoms with Gasteiger partial charge < -0.3 is 15.1 Å². The fourth-order valence-corrected chi connectivity index (χ4v) is 5.98. The normalized spacial score (nSPS) is 22.7. The molecule has 2 N–H and O–H groups in total. The number of carbonyl (C=O) groups excluding carboxylic acids is 3. The van der Waals surface area contributed by atoms with Gasteiger partial charge in [-0.15, -0.1) is 0 Å². The quantitative estimate of drug-likeness (QED) is 0.493. The molecule has 2 aromatic carbocycles. The number of fused-ring (bicyclic) bond motifs is 2. The summed E-state index contributed by atoms with van der Waals surface area (Å²) in [4.78, 5) is 55.1. The van der Waals surface area contributed by atoms with Crippen LogP contribution in [-0.4, -0.2) is 63.4 Å². The van der Waals surface area contributed by atoms with Gasteiger partial charge in [0.05, 0.1) is 35.5 Å². The van der Waals surface area contributed by atoms with Gasteiger partial charge in [-0.3, -0.25) is 24.1 Å². The molecule has 0 radical (unpaired) electrons. The molecule has 1 saturated carbocycles. The topological polar surface area (TPSA) is 115 Å². The maximum Gasteiger partial charge on any atom is 0.307 e. The second-order valence-electron chi connectivity index (χ2n) is 9.73. The molecule has 0 bridgehead atoms. The van der Waals surface area contributed by atoms with Gasteiger partial charge in [0, 0.05) is 12.1 Å². The molecule has 0 unspecified atom stereocenters. The molecule has 2 aliphatic heterocycles. The van der Waals surface area contributed by atoms with Crippen molar-refractivity contribution in [2.45, 2.75) is 38.1 Å². The first-order chi connectivity index (χ1) is 17.9. The molecule has 1 aliphatic carbocycles. The number of carbonyl (C=O) groups is 4. The molecule has 3 aliphatic rings. The highest BCUT2D eigenvalue weighted by Gasteiger charge is 2.44. The second-order valence-corrected chi connectivity index (χ2v) is 9.73. The average molecular weight is 501 g/mol. The van der Waals surface area contributed by atoms with Gasteiger partial charge in [-0.05, 0) is 48.6 Å². The van der Waals surface area contributed by atoms with E-state index >= 15 is 0 Å². The summed E-state index contributed by atoms with van der Waals surface area (Å²) in [5.41, 5.74) is 3.09. The smallest absolute Gasteiger partial charge is 0.307 e. The van der Waals surface area contributed by atoms with E-state index in [1.807, 2.05) is 18.2 Å². The highest BCUT2D eigenvalue weighted by molar-refractivity contribution is 6.21. The van der Waals surface area contributed by atoms with Gasteiger partial charge in [0.25, 0.3) is 11.8 Å². The molecule has 0 aromatic heterocycles. The molecule has 8 heteroatoms. The monoisotopic (exact) mass is 500 g/mol. The second kappa shape index (κ2) is 10.2. The van der Waals surface area contributed by atoms with Gasteiger partial charge in [-0.25, -0.2) is 0 Å². The van der Waals surface area contributed by atoms with Crippen LogP contribution in [0.1, 0.15) is 69.1 Å². The van der Waals surface area contributed by atoms with Gasteiger partial charge >= 0.3 is 5.97 Å². The van der Waals surface area contributed by atoms with Crippen molar-refractivity contribution < 1.29 is 29.4 Å². The van der Waals surface area contributed by atoms with Crippen molar-refractivity contribution in [1.82, 2.24) is 9.80 Å². The van der Waals surface area contributed by atoms with Gasteiger partial charge in [0.1, 0.15) is 6.61 Å². The minimum Gasteiger partial charge on any atom is -0.481 e. The summed E-state index contributed by atoms with van der Waals surface area (Å²) in [6, 6.07) is 11.6. The molecule has 190 valence electrons. The highest BCUT2D eigenvalue weighted by Crippen LogP contribution is 2.38. The summed E-state index contributed by atoms with van der Waals surface area (Å²) >= 11 is 0. The summed E-state index contributed by atoms with van der Waals surface area (Å²) in [7, 11) is 0. The van der Waals surface area contributed by atoms with Crippen molar-refractivity contribution in [3.05, 3.63) is 70.3 Å². The number of aliphatic hydroxyl groups excluding tert-OH is 1. The van der Waals surface area contributed by atoms with Crippen LogP contribution in [0.2, 0.25) is 0 Å². The summed E-state index contributed by atoms with van der Waals surface area (Å²) in [6.07, 6.45) is 3.02. The number of amides is 3. The molecule has 5 rings (SSSR count). The Morgan fingerprint density at radius 1 is 0.946 bits per heavy atom. The Hall–Kier alpha value is -3.96. The van der Waals surface area contributed by atoms with E-state index in [1.165, 1.54) is 4.90 Å². The number of hydrogen-bond donors (Lipinski definition) is 2. The van der Waals surface area contributed by atoms with E-state index in [1.54, 1.807) is 29.2 Å². The van der Waals surface area contributed by atoms with E-state index in [9.17, 15) is 29.4 Å². The molecule has 1 fully saturated rings. The third kappa shape index (κ3) is 4.40. The van der Waals surface area contributed by atoms with E-state index < -0.39 is 35.7 Å². The van der Waals surface area contributed by atoms with Crippen LogP contribution < -0.4 is 0 Å². The van der Waals surface area contributed by atoms with Crippen molar-refractivity contribution in [2.75, 3.05) is 19.7 Å². The van der Waals surface area contributed by atoms with Crippen molar-refractivity contribution in [3.8, 4) is 11.8 Å². The van der Waals surface area contributed by atoms with E-state index in [0.717, 1.165) is 29.5 Å². The lowest BCUT2D eigenvalue weighted by Gasteiger charge is -2.42. The summed E-state index contributed by atoms with van der Waals surface area (Å²) in [6.45, 7) is -0.00222. The summed E-state index contributed by atoms with van der Waals surface area (Å²) in [5.74, 6) is 2.23. The Morgan fingerprint density at radius 2 is 1.62 bits per heavy atom. The maximum absolute atomic E-state index is 13.9. The summed E-state index contributed by atoms with van der Waals surface area (Å²) in [5, 5.41) is 19.0. The predicted molar refractivity (Wildman–Crippen MR) is 133 cm³/mol. The molecule has 3 amide bonds. The first kappa shape index (κ1) is 24.7. The van der Waals surface area contributed by atoms with Crippen molar-refractivity contribution in [2.24, 2.45) is 11.8 Å². The largest absolute Gasteiger partial charge is 0.481 e. The lowest BCUT2D eigenvalue weighted by Crippen LogP contribution is -2.50. The van der Waals surface area contributed by atoms with E-state index in [4.69, 9.17) is 0 Å². The number of aliphatic carboxylic acids is 1. The number of rotatable bonds is 4. The first-order valence-corrected chi connectivity index (χ1v) is 12.6. The number of hydrogen-bond acceptors (Lipinski definition) is 5. The summed E-state index contributed by atoms with van der Waals surface area (Å²) < 4.78 is 0. The van der Waals surface area contributed by atoms with Gasteiger partial charge in [0.15, 0.2) is 0 Å². The van der Waals surface area contributed by atoms with Crippen LogP contribution in [0.4, 0.5) is 0 Å². The van der Waals surface area contributed by atoms with Gasteiger partial charge in [-0.1, -0.05) is 48.9 Å². The molecule has 3 atom stereocenters. The molecule has 37 heavy (non-hydrogen) atoms. The number of imide groups is 1. The third-order valence-corrected chi connectivity index (χ3v) is 7.77. The van der Waals surface area contributed by atoms with E-state index in [0.29, 0.717) is 36.9 Å². The fourth-order valence-electron chi connectivity index (χ4n) is 5.98. The number of benzene rings is 2. The zero-order chi connectivity index (χ0) is 26.1. The number of nitrogens with zero attached hydrogens (tertiary/aromatic N) is 2. The zero-order valence-electron chi connectivity index (χ0n) is 20.4. The third-order valence-electron chi connectivity index (χ3n) is 7.77. The van der Waals surface area contributed by atoms with Crippen LogP contribution in [0.15, 0.2) is 42.5 Å². The Morgan fingerprint density at radius 3 is 2.27 bits per heavy atom. The molecular formula is C29H28N2O6. The van der Waals surface area contributed by atoms with Crippen molar-refractivity contribution in [1.29, 1.82) is 0 Å². The van der Waals surface area contributed by atoms with Crippen LogP contribution in [0, 0.1) is 23.7 Å². The molecule has 0 spiro atoms. The SMILES string of the molecule is O=C(O)[C@H]1CCCC[C@H]1C(=O)N1CCc2c(C#CCO)cccc2[C@H]1CN1C(=O)c2ccccc2C1=O. The molecule has 0 saturated heterocycles. The molecule has 8 nitrogen and oxygen atoms in total. The van der Waals surface area contributed by atoms with Gasteiger partial charge in [0.2, 0.25) is 5.91 Å². The maximum atomic E-state index is 13.9. The average Bonchev–Trinajstić information content (AvgIpc) is 3.16. The Balaban J connectivity index is 1.54.